The molecule has 1 aliphatic heterocycles. The minimum Gasteiger partial charge on any atom is -0.488 e. The Labute approximate surface area is 137 Å². The van der Waals surface area contributed by atoms with Gasteiger partial charge in [-0.15, -0.1) is 0 Å². The molecule has 3 aromatic rings. The van der Waals surface area contributed by atoms with Gasteiger partial charge in [0.2, 0.25) is 11.3 Å². The molecule has 1 aliphatic rings. The molecule has 4 rings (SSSR count). The smallest absolute Gasteiger partial charge is 0.202 e. The lowest BCUT2D eigenvalue weighted by molar-refractivity contribution is 0.100. The van der Waals surface area contributed by atoms with Crippen LogP contribution < -0.4 is 15.9 Å². The summed E-state index contributed by atoms with van der Waals surface area (Å²) >= 11 is 0. The predicted molar refractivity (Wildman–Crippen MR) is 91.1 cm³/mol. The first-order valence-electron chi connectivity index (χ1n) is 7.43. The number of hydrogen-bond acceptors (Lipinski definition) is 5. The standard InChI is InChI=1S/C19H13NO4/c20-19-14(18(22)13-6-2-4-8-16(13)24-19)9-11-10-23-15-7-3-1-5-12(15)17(11)21/h1-9H,10,20H2/b11-9+. The van der Waals surface area contributed by atoms with Crippen LogP contribution in [0, 0.1) is 0 Å². The summed E-state index contributed by atoms with van der Waals surface area (Å²) < 4.78 is 11.1. The van der Waals surface area contributed by atoms with Gasteiger partial charge in [-0.3, -0.25) is 9.59 Å². The normalized spacial score (nSPS) is 15.3. The van der Waals surface area contributed by atoms with Crippen LogP contribution in [0.4, 0.5) is 5.88 Å². The molecular weight excluding hydrogens is 306 g/mol. The number of ketones is 1. The Morgan fingerprint density at radius 1 is 1.00 bits per heavy atom. The van der Waals surface area contributed by atoms with Crippen molar-refractivity contribution in [2.75, 3.05) is 12.3 Å². The molecule has 2 N–H and O–H groups in total. The monoisotopic (exact) mass is 319 g/mol. The molecule has 0 amide bonds. The van der Waals surface area contributed by atoms with E-state index >= 15 is 0 Å². The predicted octanol–water partition coefficient (Wildman–Crippen LogP) is 3.03. The van der Waals surface area contributed by atoms with Crippen LogP contribution in [0.25, 0.3) is 17.0 Å². The Hall–Kier alpha value is -3.34. The Balaban J connectivity index is 1.87. The van der Waals surface area contributed by atoms with E-state index in [0.717, 1.165) is 0 Å². The van der Waals surface area contributed by atoms with Gasteiger partial charge in [-0.2, -0.15) is 0 Å². The summed E-state index contributed by atoms with van der Waals surface area (Å²) in [6.45, 7) is 0.0849. The van der Waals surface area contributed by atoms with E-state index in [-0.39, 0.29) is 29.3 Å². The fraction of sp³-hybridized carbons (Fsp3) is 0.0526. The third-order valence-corrected chi connectivity index (χ3v) is 3.99. The lowest BCUT2D eigenvalue weighted by atomic mass is 9.98. The summed E-state index contributed by atoms with van der Waals surface area (Å²) in [6.07, 6.45) is 1.46. The van der Waals surface area contributed by atoms with Crippen molar-refractivity contribution in [1.29, 1.82) is 0 Å². The first kappa shape index (κ1) is 14.3. The second-order valence-electron chi connectivity index (χ2n) is 5.49. The molecule has 0 bridgehead atoms. The van der Waals surface area contributed by atoms with E-state index in [1.807, 2.05) is 0 Å². The number of Topliss-reactive ketones (excluding diaryl/α,β-unsaturated/α-hetero) is 1. The minimum absolute atomic E-state index is 0.0159. The van der Waals surface area contributed by atoms with Crippen molar-refractivity contribution in [3.05, 3.63) is 75.5 Å². The van der Waals surface area contributed by atoms with Crippen LogP contribution in [0.1, 0.15) is 15.9 Å². The SMILES string of the molecule is Nc1oc2ccccc2c(=O)c1/C=C1\COc2ccccc2C1=O. The van der Waals surface area contributed by atoms with Crippen LogP contribution in [0.3, 0.4) is 0 Å². The number of anilines is 1. The van der Waals surface area contributed by atoms with E-state index in [2.05, 4.69) is 0 Å². The van der Waals surface area contributed by atoms with E-state index in [1.54, 1.807) is 48.5 Å². The Morgan fingerprint density at radius 2 is 1.75 bits per heavy atom. The highest BCUT2D eigenvalue weighted by Crippen LogP contribution is 2.28. The van der Waals surface area contributed by atoms with E-state index in [0.29, 0.717) is 27.9 Å². The molecule has 2 aromatic carbocycles. The quantitative estimate of drug-likeness (QED) is 0.697. The van der Waals surface area contributed by atoms with Gasteiger partial charge in [0.15, 0.2) is 5.78 Å². The van der Waals surface area contributed by atoms with Gasteiger partial charge in [-0.25, -0.2) is 0 Å². The van der Waals surface area contributed by atoms with Gasteiger partial charge in [0.25, 0.3) is 0 Å². The molecule has 24 heavy (non-hydrogen) atoms. The zero-order valence-corrected chi connectivity index (χ0v) is 12.6. The van der Waals surface area contributed by atoms with Crippen LogP contribution in [0.5, 0.6) is 5.75 Å². The van der Waals surface area contributed by atoms with Crippen LogP contribution >= 0.6 is 0 Å². The molecule has 1 aromatic heterocycles. The molecule has 5 heteroatoms. The van der Waals surface area contributed by atoms with Crippen molar-refractivity contribution in [1.82, 2.24) is 0 Å². The minimum atomic E-state index is -0.270. The summed E-state index contributed by atoms with van der Waals surface area (Å²) in [5.41, 5.74) is 7.03. The lowest BCUT2D eigenvalue weighted by Crippen LogP contribution is -2.20. The Morgan fingerprint density at radius 3 is 2.62 bits per heavy atom. The van der Waals surface area contributed by atoms with E-state index in [1.165, 1.54) is 6.08 Å². The summed E-state index contributed by atoms with van der Waals surface area (Å²) in [6, 6.07) is 13.8. The molecular formula is C19H13NO4. The van der Waals surface area contributed by atoms with Gasteiger partial charge in [0.1, 0.15) is 17.9 Å². The first-order valence-corrected chi connectivity index (χ1v) is 7.43. The average Bonchev–Trinajstić information content (AvgIpc) is 2.60. The van der Waals surface area contributed by atoms with Crippen molar-refractivity contribution in [2.24, 2.45) is 0 Å². The number of nitrogen functional groups attached to an aromatic ring is 1. The summed E-state index contributed by atoms with van der Waals surface area (Å²) in [7, 11) is 0. The number of carbonyl (C=O) groups is 1. The zero-order chi connectivity index (χ0) is 16.7. The molecule has 0 radical (unpaired) electrons. The number of hydrogen-bond donors (Lipinski definition) is 1. The lowest BCUT2D eigenvalue weighted by Gasteiger charge is -2.18. The fourth-order valence-electron chi connectivity index (χ4n) is 2.77. The molecule has 0 atom stereocenters. The van der Waals surface area contributed by atoms with E-state index in [4.69, 9.17) is 14.9 Å². The molecule has 0 unspecified atom stereocenters. The van der Waals surface area contributed by atoms with Gasteiger partial charge in [0, 0.05) is 5.57 Å². The summed E-state index contributed by atoms with van der Waals surface area (Å²) in [5.74, 6) is 0.347. The highest BCUT2D eigenvalue weighted by atomic mass is 16.5. The highest BCUT2D eigenvalue weighted by Gasteiger charge is 2.24. The number of rotatable bonds is 1. The highest BCUT2D eigenvalue weighted by molar-refractivity contribution is 6.14. The second-order valence-corrected chi connectivity index (χ2v) is 5.49. The van der Waals surface area contributed by atoms with Crippen LogP contribution in [0.2, 0.25) is 0 Å². The first-order chi connectivity index (χ1) is 11.6. The second kappa shape index (κ2) is 5.38. The van der Waals surface area contributed by atoms with Crippen molar-refractivity contribution in [3.63, 3.8) is 0 Å². The molecule has 118 valence electrons. The number of para-hydroxylation sites is 2. The van der Waals surface area contributed by atoms with Crippen molar-refractivity contribution in [3.8, 4) is 5.75 Å². The third-order valence-electron chi connectivity index (χ3n) is 3.99. The molecule has 0 spiro atoms. The van der Waals surface area contributed by atoms with Crippen molar-refractivity contribution < 1.29 is 13.9 Å². The molecule has 2 heterocycles. The maximum atomic E-state index is 12.6. The average molecular weight is 319 g/mol. The fourth-order valence-corrected chi connectivity index (χ4v) is 2.77. The maximum absolute atomic E-state index is 12.6. The Kier molecular flexibility index (Phi) is 3.20. The van der Waals surface area contributed by atoms with Gasteiger partial charge in [0.05, 0.1) is 16.5 Å². The number of ether oxygens (including phenoxy) is 1. The van der Waals surface area contributed by atoms with Gasteiger partial charge in [-0.05, 0) is 30.3 Å². The largest absolute Gasteiger partial charge is 0.488 e. The Bertz CT molecular complexity index is 1060. The van der Waals surface area contributed by atoms with Crippen LogP contribution in [-0.4, -0.2) is 12.4 Å². The molecule has 5 nitrogen and oxygen atoms in total. The van der Waals surface area contributed by atoms with Crippen LogP contribution in [0.15, 0.2) is 63.3 Å². The maximum Gasteiger partial charge on any atom is 0.202 e. The van der Waals surface area contributed by atoms with Crippen LogP contribution in [-0.2, 0) is 0 Å². The molecule has 0 aliphatic carbocycles. The third kappa shape index (κ3) is 2.18. The topological polar surface area (TPSA) is 82.5 Å². The number of nitrogens with two attached hydrogens (primary N) is 1. The number of fused-ring (bicyclic) bond motifs is 2. The van der Waals surface area contributed by atoms with Gasteiger partial charge >= 0.3 is 0 Å². The van der Waals surface area contributed by atoms with Crippen molar-refractivity contribution >= 4 is 28.7 Å². The summed E-state index contributed by atoms with van der Waals surface area (Å²) in [5, 5.41) is 0.420. The number of benzene rings is 2. The molecule has 0 saturated heterocycles. The molecule has 0 saturated carbocycles. The van der Waals surface area contributed by atoms with Gasteiger partial charge in [-0.1, -0.05) is 24.3 Å². The van der Waals surface area contributed by atoms with Gasteiger partial charge < -0.3 is 14.9 Å². The van der Waals surface area contributed by atoms with E-state index < -0.39 is 0 Å². The van der Waals surface area contributed by atoms with Crippen molar-refractivity contribution in [2.45, 2.75) is 0 Å². The molecule has 0 fully saturated rings. The van der Waals surface area contributed by atoms with E-state index in [9.17, 15) is 9.59 Å². The summed E-state index contributed by atoms with van der Waals surface area (Å²) in [4.78, 5) is 25.2. The zero-order valence-electron chi connectivity index (χ0n) is 12.6. The number of carbonyl (C=O) groups excluding carboxylic acids is 1.